The third kappa shape index (κ3) is 2.07. The number of rotatable bonds is 1. The van der Waals surface area contributed by atoms with Crippen molar-refractivity contribution in [2.75, 3.05) is 18.4 Å². The van der Waals surface area contributed by atoms with E-state index in [1.807, 2.05) is 24.3 Å². The van der Waals surface area contributed by atoms with Gasteiger partial charge in [-0.05, 0) is 18.6 Å². The molecule has 2 heterocycles. The monoisotopic (exact) mass is 309 g/mol. The Morgan fingerprint density at radius 1 is 1.38 bits per heavy atom. The first-order chi connectivity index (χ1) is 10.1. The lowest BCUT2D eigenvalue weighted by atomic mass is 10.1. The summed E-state index contributed by atoms with van der Waals surface area (Å²) in [5.41, 5.74) is 0.824. The molecule has 110 valence electrons. The summed E-state index contributed by atoms with van der Waals surface area (Å²) in [7, 11) is 0. The number of nitrogens with one attached hydrogen (secondary N) is 1. The molecule has 2 fully saturated rings. The van der Waals surface area contributed by atoms with Gasteiger partial charge in [-0.3, -0.25) is 5.32 Å². The van der Waals surface area contributed by atoms with E-state index in [0.29, 0.717) is 18.1 Å². The third-order valence-electron chi connectivity index (χ3n) is 4.29. The molecule has 1 aromatic carbocycles. The highest BCUT2D eigenvalue weighted by Gasteiger charge is 2.69. The number of carbonyl (C=O) groups is 1. The zero-order valence-electron chi connectivity index (χ0n) is 11.1. The molecule has 1 aliphatic carbocycles. The number of amides is 2. The lowest BCUT2D eigenvalue weighted by molar-refractivity contribution is 0.0855. The van der Waals surface area contributed by atoms with Gasteiger partial charge in [0.05, 0.1) is 10.2 Å². The molecule has 1 aromatic heterocycles. The molecule has 4 rings (SSSR count). The van der Waals surface area contributed by atoms with Crippen LogP contribution in [-0.4, -0.2) is 34.9 Å². The predicted octanol–water partition coefficient (Wildman–Crippen LogP) is 3.42. The number of aromatic nitrogens is 1. The van der Waals surface area contributed by atoms with E-state index in [1.54, 1.807) is 0 Å². The Hall–Kier alpha value is -1.76. The molecular formula is C14H13F2N3OS. The van der Waals surface area contributed by atoms with Crippen molar-refractivity contribution in [3.8, 4) is 0 Å². The average Bonchev–Trinajstić information content (AvgIpc) is 2.83. The van der Waals surface area contributed by atoms with E-state index in [0.717, 1.165) is 10.2 Å². The molecule has 2 aromatic rings. The van der Waals surface area contributed by atoms with Crippen LogP contribution in [0, 0.1) is 11.8 Å². The topological polar surface area (TPSA) is 45.2 Å². The number of piperidine rings is 1. The number of hydrogen-bond donors (Lipinski definition) is 1. The molecule has 0 bridgehead atoms. The van der Waals surface area contributed by atoms with Crippen LogP contribution in [0.4, 0.5) is 18.7 Å². The highest BCUT2D eigenvalue weighted by molar-refractivity contribution is 7.22. The van der Waals surface area contributed by atoms with Crippen LogP contribution in [0.5, 0.6) is 0 Å². The van der Waals surface area contributed by atoms with Crippen molar-refractivity contribution in [3.63, 3.8) is 0 Å². The molecule has 1 aliphatic heterocycles. The van der Waals surface area contributed by atoms with E-state index >= 15 is 0 Å². The first kappa shape index (κ1) is 12.9. The fourth-order valence-corrected chi connectivity index (χ4v) is 3.86. The number of likely N-dealkylation sites (tertiary alicyclic amines) is 1. The van der Waals surface area contributed by atoms with Crippen molar-refractivity contribution in [3.05, 3.63) is 24.3 Å². The summed E-state index contributed by atoms with van der Waals surface area (Å²) >= 11 is 1.38. The number of anilines is 1. The van der Waals surface area contributed by atoms with Gasteiger partial charge in [-0.25, -0.2) is 18.6 Å². The van der Waals surface area contributed by atoms with E-state index in [-0.39, 0.29) is 12.6 Å². The summed E-state index contributed by atoms with van der Waals surface area (Å²) in [6.07, 6.45) is 0.380. The molecule has 2 unspecified atom stereocenters. The fourth-order valence-electron chi connectivity index (χ4n) is 3.01. The fraction of sp³-hybridized carbons (Fsp3) is 0.429. The second kappa shape index (κ2) is 4.37. The molecule has 7 heteroatoms. The summed E-state index contributed by atoms with van der Waals surface area (Å²) in [4.78, 5) is 17.9. The molecule has 2 aliphatic rings. The second-order valence-corrected chi connectivity index (χ2v) is 6.57. The lowest BCUT2D eigenvalue weighted by Gasteiger charge is -2.24. The lowest BCUT2D eigenvalue weighted by Crippen LogP contribution is -2.39. The first-order valence-corrected chi connectivity index (χ1v) is 7.66. The van der Waals surface area contributed by atoms with Gasteiger partial charge >= 0.3 is 6.03 Å². The number of hydrogen-bond acceptors (Lipinski definition) is 3. The van der Waals surface area contributed by atoms with Gasteiger partial charge in [0, 0.05) is 24.9 Å². The van der Waals surface area contributed by atoms with E-state index < -0.39 is 17.8 Å². The normalized spacial score (nSPS) is 26.5. The summed E-state index contributed by atoms with van der Waals surface area (Å²) in [5.74, 6) is -3.76. The minimum absolute atomic E-state index is 0.133. The van der Waals surface area contributed by atoms with Crippen LogP contribution >= 0.6 is 11.3 Å². The van der Waals surface area contributed by atoms with Crippen molar-refractivity contribution < 1.29 is 13.6 Å². The molecule has 21 heavy (non-hydrogen) atoms. The Morgan fingerprint density at radius 2 is 2.19 bits per heavy atom. The summed E-state index contributed by atoms with van der Waals surface area (Å²) in [5, 5.41) is 3.22. The van der Waals surface area contributed by atoms with Crippen molar-refractivity contribution in [2.45, 2.75) is 12.3 Å². The summed E-state index contributed by atoms with van der Waals surface area (Å²) < 4.78 is 27.7. The molecule has 2 atom stereocenters. The maximum atomic E-state index is 13.3. The Labute approximate surface area is 123 Å². The van der Waals surface area contributed by atoms with Crippen molar-refractivity contribution in [1.29, 1.82) is 0 Å². The maximum Gasteiger partial charge on any atom is 0.323 e. The quantitative estimate of drug-likeness (QED) is 0.877. The van der Waals surface area contributed by atoms with Gasteiger partial charge in [-0.2, -0.15) is 0 Å². The highest BCUT2D eigenvalue weighted by Crippen LogP contribution is 2.59. The minimum Gasteiger partial charge on any atom is -0.324 e. The Kier molecular flexibility index (Phi) is 2.69. The molecular weight excluding hydrogens is 296 g/mol. The van der Waals surface area contributed by atoms with Crippen LogP contribution in [0.3, 0.4) is 0 Å². The van der Waals surface area contributed by atoms with Gasteiger partial charge in [0.1, 0.15) is 0 Å². The van der Waals surface area contributed by atoms with Crippen LogP contribution in [-0.2, 0) is 0 Å². The van der Waals surface area contributed by atoms with E-state index in [4.69, 9.17) is 0 Å². The number of fused-ring (bicyclic) bond motifs is 2. The number of halogens is 2. The van der Waals surface area contributed by atoms with E-state index in [2.05, 4.69) is 10.3 Å². The van der Waals surface area contributed by atoms with E-state index in [1.165, 1.54) is 16.2 Å². The number of nitrogens with zero attached hydrogens (tertiary/aromatic N) is 2. The van der Waals surface area contributed by atoms with Crippen molar-refractivity contribution >= 4 is 32.7 Å². The second-order valence-electron chi connectivity index (χ2n) is 5.54. The van der Waals surface area contributed by atoms with Crippen LogP contribution < -0.4 is 5.32 Å². The average molecular weight is 309 g/mol. The zero-order valence-corrected chi connectivity index (χ0v) is 11.9. The Morgan fingerprint density at radius 3 is 2.95 bits per heavy atom. The smallest absolute Gasteiger partial charge is 0.323 e. The number of urea groups is 1. The van der Waals surface area contributed by atoms with Gasteiger partial charge < -0.3 is 4.90 Å². The zero-order chi connectivity index (χ0) is 14.6. The SMILES string of the molecule is O=C(Nc1nc2ccccc2s1)N1CCC2C(C1)C2(F)F. The van der Waals surface area contributed by atoms with Gasteiger partial charge in [-0.1, -0.05) is 23.5 Å². The number of thiazole rings is 1. The third-order valence-corrected chi connectivity index (χ3v) is 5.24. The van der Waals surface area contributed by atoms with Gasteiger partial charge in [0.25, 0.3) is 5.92 Å². The van der Waals surface area contributed by atoms with Gasteiger partial charge in [-0.15, -0.1) is 0 Å². The largest absolute Gasteiger partial charge is 0.324 e. The number of para-hydroxylation sites is 1. The predicted molar refractivity (Wildman–Crippen MR) is 76.8 cm³/mol. The molecule has 1 N–H and O–H groups in total. The summed E-state index contributed by atoms with van der Waals surface area (Å²) in [6, 6.07) is 7.26. The molecule has 0 radical (unpaired) electrons. The Balaban J connectivity index is 1.46. The van der Waals surface area contributed by atoms with Gasteiger partial charge in [0.2, 0.25) is 0 Å². The van der Waals surface area contributed by atoms with E-state index in [9.17, 15) is 13.6 Å². The molecule has 1 saturated heterocycles. The van der Waals surface area contributed by atoms with Crippen molar-refractivity contribution in [2.24, 2.45) is 11.8 Å². The Bertz CT molecular complexity index is 684. The van der Waals surface area contributed by atoms with Crippen LogP contribution in [0.1, 0.15) is 6.42 Å². The highest BCUT2D eigenvalue weighted by atomic mass is 32.1. The van der Waals surface area contributed by atoms with Gasteiger partial charge in [0.15, 0.2) is 5.13 Å². The van der Waals surface area contributed by atoms with Crippen LogP contribution in [0.15, 0.2) is 24.3 Å². The molecule has 0 spiro atoms. The first-order valence-electron chi connectivity index (χ1n) is 6.85. The van der Waals surface area contributed by atoms with Crippen LogP contribution in [0.25, 0.3) is 10.2 Å². The van der Waals surface area contributed by atoms with Crippen molar-refractivity contribution in [1.82, 2.24) is 9.88 Å². The number of benzene rings is 1. The molecule has 4 nitrogen and oxygen atoms in total. The number of alkyl halides is 2. The molecule has 2 amide bonds. The standard InChI is InChI=1S/C14H13F2N3OS/c15-14(16)8-5-6-19(7-9(8)14)13(20)18-12-17-10-3-1-2-4-11(10)21-12/h1-4,8-9H,5-7H2,(H,17,18,20). The maximum absolute atomic E-state index is 13.3. The van der Waals surface area contributed by atoms with Crippen LogP contribution in [0.2, 0.25) is 0 Å². The summed E-state index contributed by atoms with van der Waals surface area (Å²) in [6.45, 7) is 0.516. The number of carbonyl (C=O) groups excluding carboxylic acids is 1. The minimum atomic E-state index is -2.58. The molecule has 1 saturated carbocycles.